The third-order valence-corrected chi connectivity index (χ3v) is 3.43. The van der Waals surface area contributed by atoms with E-state index in [9.17, 15) is 4.79 Å². The first-order valence-electron chi connectivity index (χ1n) is 6.08. The zero-order chi connectivity index (χ0) is 13.3. The second-order valence-electron chi connectivity index (χ2n) is 4.59. The zero-order valence-electron chi connectivity index (χ0n) is 11.3. The van der Waals surface area contributed by atoms with E-state index in [1.807, 2.05) is 30.8 Å². The average molecular weight is 245 g/mol. The van der Waals surface area contributed by atoms with Crippen LogP contribution in [0.5, 0.6) is 0 Å². The van der Waals surface area contributed by atoms with Gasteiger partial charge < -0.3 is 5.32 Å². The molecule has 0 aliphatic heterocycles. The molecule has 0 aliphatic carbocycles. The van der Waals surface area contributed by atoms with E-state index in [4.69, 9.17) is 0 Å². The number of hydrogen-bond acceptors (Lipinski definition) is 2. The molecule has 2 rings (SSSR count). The Bertz CT molecular complexity index is 622. The van der Waals surface area contributed by atoms with Gasteiger partial charge in [0, 0.05) is 12.2 Å². The van der Waals surface area contributed by atoms with Crippen molar-refractivity contribution >= 4 is 0 Å². The summed E-state index contributed by atoms with van der Waals surface area (Å²) in [5.41, 5.74) is 5.16. The molecule has 0 atom stereocenters. The molecule has 4 heteroatoms. The standard InChI is InChI=1S/C14H19N3O/c1-9-6-5-7-13(10(9)2)17-11(3)12(8-15-4)14(18)16-17/h5-7,15H,8H2,1-4H3,(H,16,18). The molecule has 0 aliphatic rings. The van der Waals surface area contributed by atoms with Crippen LogP contribution in [0.25, 0.3) is 5.69 Å². The number of nitrogens with zero attached hydrogens (tertiary/aromatic N) is 1. The van der Waals surface area contributed by atoms with Gasteiger partial charge in [0.05, 0.1) is 11.3 Å². The largest absolute Gasteiger partial charge is 0.315 e. The second-order valence-corrected chi connectivity index (χ2v) is 4.59. The molecule has 96 valence electrons. The molecule has 2 aromatic rings. The van der Waals surface area contributed by atoms with Gasteiger partial charge in [-0.2, -0.15) is 0 Å². The number of H-pyrrole nitrogens is 1. The van der Waals surface area contributed by atoms with Gasteiger partial charge in [-0.1, -0.05) is 12.1 Å². The number of rotatable bonds is 3. The average Bonchev–Trinajstić information content (AvgIpc) is 2.61. The smallest absolute Gasteiger partial charge is 0.269 e. The summed E-state index contributed by atoms with van der Waals surface area (Å²) in [5, 5.41) is 5.93. The molecule has 0 saturated carbocycles. The Morgan fingerprint density at radius 1 is 1.28 bits per heavy atom. The van der Waals surface area contributed by atoms with Gasteiger partial charge in [-0.3, -0.25) is 14.6 Å². The number of hydrogen-bond donors (Lipinski definition) is 2. The number of aromatic amines is 1. The van der Waals surface area contributed by atoms with Gasteiger partial charge in [0.15, 0.2) is 0 Å². The summed E-state index contributed by atoms with van der Waals surface area (Å²) in [6, 6.07) is 6.10. The summed E-state index contributed by atoms with van der Waals surface area (Å²) in [6.45, 7) is 6.69. The fourth-order valence-corrected chi connectivity index (χ4v) is 2.16. The van der Waals surface area contributed by atoms with Crippen molar-refractivity contribution in [2.75, 3.05) is 7.05 Å². The first-order chi connectivity index (χ1) is 8.56. The predicted molar refractivity (Wildman–Crippen MR) is 73.4 cm³/mol. The lowest BCUT2D eigenvalue weighted by atomic mass is 10.1. The van der Waals surface area contributed by atoms with Gasteiger partial charge >= 0.3 is 0 Å². The third kappa shape index (κ3) is 1.99. The van der Waals surface area contributed by atoms with Gasteiger partial charge in [-0.05, 0) is 45.0 Å². The fraction of sp³-hybridized carbons (Fsp3) is 0.357. The highest BCUT2D eigenvalue weighted by Crippen LogP contribution is 2.18. The molecule has 2 N–H and O–H groups in total. The molecule has 1 aromatic carbocycles. The molecule has 1 heterocycles. The van der Waals surface area contributed by atoms with Crippen molar-refractivity contribution in [1.29, 1.82) is 0 Å². The van der Waals surface area contributed by atoms with Gasteiger partial charge in [-0.15, -0.1) is 0 Å². The van der Waals surface area contributed by atoms with E-state index in [-0.39, 0.29) is 5.56 Å². The van der Waals surface area contributed by atoms with Crippen LogP contribution in [-0.2, 0) is 6.54 Å². The van der Waals surface area contributed by atoms with E-state index in [1.165, 1.54) is 11.1 Å². The Morgan fingerprint density at radius 3 is 2.67 bits per heavy atom. The molecule has 18 heavy (non-hydrogen) atoms. The minimum atomic E-state index is -0.0252. The summed E-state index contributed by atoms with van der Waals surface area (Å²) in [6.07, 6.45) is 0. The van der Waals surface area contributed by atoms with Crippen LogP contribution in [0.4, 0.5) is 0 Å². The monoisotopic (exact) mass is 245 g/mol. The van der Waals surface area contributed by atoms with Crippen LogP contribution in [0, 0.1) is 20.8 Å². The van der Waals surface area contributed by atoms with E-state index in [0.717, 1.165) is 16.9 Å². The molecule has 0 unspecified atom stereocenters. The second kappa shape index (κ2) is 4.82. The molecule has 0 fully saturated rings. The Labute approximate surface area is 107 Å². The molecular formula is C14H19N3O. The number of aryl methyl sites for hydroxylation is 1. The Hall–Kier alpha value is -1.81. The zero-order valence-corrected chi connectivity index (χ0v) is 11.3. The van der Waals surface area contributed by atoms with Crippen molar-refractivity contribution in [3.63, 3.8) is 0 Å². The van der Waals surface area contributed by atoms with Crippen molar-refractivity contribution in [3.05, 3.63) is 50.9 Å². The summed E-state index contributed by atoms with van der Waals surface area (Å²) >= 11 is 0. The first-order valence-corrected chi connectivity index (χ1v) is 6.08. The molecule has 0 saturated heterocycles. The van der Waals surface area contributed by atoms with Crippen molar-refractivity contribution in [2.45, 2.75) is 27.3 Å². The number of benzene rings is 1. The lowest BCUT2D eigenvalue weighted by molar-refractivity contribution is 0.799. The van der Waals surface area contributed by atoms with Crippen LogP contribution in [-0.4, -0.2) is 16.8 Å². The summed E-state index contributed by atoms with van der Waals surface area (Å²) in [5.74, 6) is 0. The van der Waals surface area contributed by atoms with E-state index >= 15 is 0 Å². The minimum absolute atomic E-state index is 0.0252. The Kier molecular flexibility index (Phi) is 3.39. The molecule has 0 spiro atoms. The molecule has 0 amide bonds. The van der Waals surface area contributed by atoms with E-state index < -0.39 is 0 Å². The minimum Gasteiger partial charge on any atom is -0.315 e. The maximum atomic E-state index is 11.9. The predicted octanol–water partition coefficient (Wildman–Crippen LogP) is 1.81. The van der Waals surface area contributed by atoms with Crippen molar-refractivity contribution in [1.82, 2.24) is 15.1 Å². The first kappa shape index (κ1) is 12.6. The summed E-state index contributed by atoms with van der Waals surface area (Å²) < 4.78 is 1.87. The highest BCUT2D eigenvalue weighted by Gasteiger charge is 2.13. The fourth-order valence-electron chi connectivity index (χ4n) is 2.16. The number of nitrogens with one attached hydrogen (secondary N) is 2. The van der Waals surface area contributed by atoms with Crippen molar-refractivity contribution in [3.8, 4) is 5.69 Å². The quantitative estimate of drug-likeness (QED) is 0.866. The van der Waals surface area contributed by atoms with Gasteiger partial charge in [0.25, 0.3) is 5.56 Å². The van der Waals surface area contributed by atoms with Crippen LogP contribution >= 0.6 is 0 Å². The Balaban J connectivity index is 2.62. The highest BCUT2D eigenvalue weighted by atomic mass is 16.1. The normalized spacial score (nSPS) is 10.9. The maximum Gasteiger partial charge on any atom is 0.269 e. The molecule has 4 nitrogen and oxygen atoms in total. The lowest BCUT2D eigenvalue weighted by Gasteiger charge is -2.11. The van der Waals surface area contributed by atoms with Gasteiger partial charge in [0.2, 0.25) is 0 Å². The summed E-state index contributed by atoms with van der Waals surface area (Å²) in [4.78, 5) is 11.9. The van der Waals surface area contributed by atoms with Crippen LogP contribution in [0.15, 0.2) is 23.0 Å². The third-order valence-electron chi connectivity index (χ3n) is 3.43. The van der Waals surface area contributed by atoms with Crippen molar-refractivity contribution < 1.29 is 0 Å². The van der Waals surface area contributed by atoms with Gasteiger partial charge in [-0.25, -0.2) is 0 Å². The van der Waals surface area contributed by atoms with Crippen LogP contribution in [0.2, 0.25) is 0 Å². The van der Waals surface area contributed by atoms with E-state index in [0.29, 0.717) is 6.54 Å². The topological polar surface area (TPSA) is 49.8 Å². The molecular weight excluding hydrogens is 226 g/mol. The lowest BCUT2D eigenvalue weighted by Crippen LogP contribution is -2.14. The van der Waals surface area contributed by atoms with Gasteiger partial charge in [0.1, 0.15) is 0 Å². The molecule has 1 aromatic heterocycles. The Morgan fingerprint density at radius 2 is 2.00 bits per heavy atom. The van der Waals surface area contributed by atoms with Crippen LogP contribution in [0.1, 0.15) is 22.4 Å². The van der Waals surface area contributed by atoms with E-state index in [1.54, 1.807) is 0 Å². The number of aromatic nitrogens is 2. The van der Waals surface area contributed by atoms with Crippen LogP contribution < -0.4 is 10.9 Å². The van der Waals surface area contributed by atoms with Crippen LogP contribution in [0.3, 0.4) is 0 Å². The highest BCUT2D eigenvalue weighted by molar-refractivity contribution is 5.45. The molecule has 0 radical (unpaired) electrons. The van der Waals surface area contributed by atoms with E-state index in [2.05, 4.69) is 30.3 Å². The maximum absolute atomic E-state index is 11.9. The molecule has 0 bridgehead atoms. The SMILES string of the molecule is CNCc1c(C)n(-c2cccc(C)c2C)[nH]c1=O. The summed E-state index contributed by atoms with van der Waals surface area (Å²) in [7, 11) is 1.84. The van der Waals surface area contributed by atoms with Crippen molar-refractivity contribution in [2.24, 2.45) is 0 Å².